The van der Waals surface area contributed by atoms with Crippen molar-refractivity contribution in [2.45, 2.75) is 12.3 Å². The zero-order chi connectivity index (χ0) is 12.1. The van der Waals surface area contributed by atoms with Gasteiger partial charge in [0.1, 0.15) is 0 Å². The molecule has 0 saturated heterocycles. The SMILES string of the molecule is PCc1ccccc1-c1ccccc1C[PH2+]P.[Y].[Y].[Y].[Y]. The summed E-state index contributed by atoms with van der Waals surface area (Å²) in [6.07, 6.45) is 2.21. The molecule has 0 saturated carbocycles. The van der Waals surface area contributed by atoms with Gasteiger partial charge in [-0.3, -0.25) is 0 Å². The minimum atomic E-state index is 0. The Labute approximate surface area is 235 Å². The molecule has 3 atom stereocenters. The van der Waals surface area contributed by atoms with Crippen LogP contribution >= 0.6 is 26.4 Å². The predicted octanol–water partition coefficient (Wildman–Crippen LogP) is 4.42. The molecule has 0 fully saturated rings. The summed E-state index contributed by atoms with van der Waals surface area (Å²) in [5, 5.41) is 0. The van der Waals surface area contributed by atoms with Gasteiger partial charge in [0.25, 0.3) is 0 Å². The van der Waals surface area contributed by atoms with Gasteiger partial charge in [-0.1, -0.05) is 48.5 Å². The van der Waals surface area contributed by atoms with Crippen molar-refractivity contribution >= 4 is 26.4 Å². The van der Waals surface area contributed by atoms with Gasteiger partial charge >= 0.3 is 0 Å². The summed E-state index contributed by atoms with van der Waals surface area (Å²) in [6.45, 7) is 0. The van der Waals surface area contributed by atoms with Crippen LogP contribution in [0.3, 0.4) is 0 Å². The molecule has 0 spiro atoms. The van der Waals surface area contributed by atoms with Crippen LogP contribution in [0.25, 0.3) is 11.1 Å². The van der Waals surface area contributed by atoms with E-state index in [4.69, 9.17) is 0 Å². The molecule has 2 aromatic carbocycles. The molecule has 0 nitrogen and oxygen atoms in total. The Hall–Kier alpha value is 4.15. The predicted molar refractivity (Wildman–Crippen MR) is 88.4 cm³/mol. The maximum Gasteiger partial charge on any atom is 0.0820 e. The number of rotatable bonds is 4. The average Bonchev–Trinajstić information content (AvgIpc) is 2.40. The van der Waals surface area contributed by atoms with E-state index in [1.165, 1.54) is 28.4 Å². The summed E-state index contributed by atoms with van der Waals surface area (Å²) in [5.41, 5.74) is 5.67. The third-order valence-corrected chi connectivity index (χ3v) is 4.71. The Morgan fingerprint density at radius 1 is 0.714 bits per heavy atom. The van der Waals surface area contributed by atoms with Gasteiger partial charge in [-0.25, -0.2) is 0 Å². The minimum Gasteiger partial charge on any atom is -0.133 e. The van der Waals surface area contributed by atoms with Crippen molar-refractivity contribution in [2.75, 3.05) is 0 Å². The van der Waals surface area contributed by atoms with Gasteiger partial charge in [0, 0.05) is 148 Å². The van der Waals surface area contributed by atoms with Crippen LogP contribution in [0.1, 0.15) is 11.1 Å². The van der Waals surface area contributed by atoms with Crippen LogP contribution < -0.4 is 0 Å². The molecule has 21 heavy (non-hydrogen) atoms. The molecule has 2 rings (SSSR count). The van der Waals surface area contributed by atoms with Crippen LogP contribution in [0, 0.1) is 0 Å². The first kappa shape index (κ1) is 29.9. The number of hydrogen-bond donors (Lipinski definition) is 0. The third kappa shape index (κ3) is 9.59. The van der Waals surface area contributed by atoms with Crippen LogP contribution in [0.5, 0.6) is 0 Å². The minimum absolute atomic E-state index is 0. The summed E-state index contributed by atoms with van der Waals surface area (Å²) in [4.78, 5) is 0. The van der Waals surface area contributed by atoms with Gasteiger partial charge in [-0.2, -0.15) is 0 Å². The van der Waals surface area contributed by atoms with Crippen LogP contribution in [-0.4, -0.2) is 0 Å². The van der Waals surface area contributed by atoms with Crippen molar-refractivity contribution in [1.82, 2.24) is 0 Å². The molecule has 100 valence electrons. The maximum atomic E-state index is 2.89. The van der Waals surface area contributed by atoms with Crippen molar-refractivity contribution in [2.24, 2.45) is 0 Å². The van der Waals surface area contributed by atoms with E-state index in [1.807, 2.05) is 0 Å². The molecular weight excluding hydrogens is 617 g/mol. The van der Waals surface area contributed by atoms with E-state index in [9.17, 15) is 0 Å². The summed E-state index contributed by atoms with van der Waals surface area (Å²) in [6, 6.07) is 17.5. The molecule has 0 aromatic heterocycles. The molecule has 0 bridgehead atoms. The van der Waals surface area contributed by atoms with Crippen molar-refractivity contribution in [3.8, 4) is 11.1 Å². The summed E-state index contributed by atoms with van der Waals surface area (Å²) < 4.78 is 0. The standard InChI is InChI=1S/C14H17P3.4Y/c15-9-11-5-1-3-7-13(11)14-8-4-2-6-12(14)10-17-16;;;;/h1-8,17H,9-10,15-16H2;;;;/p+1. The Bertz CT molecular complexity index is 509. The van der Waals surface area contributed by atoms with E-state index in [0.29, 0.717) is 8.27 Å². The molecule has 2 aromatic rings. The second-order valence-electron chi connectivity index (χ2n) is 3.96. The largest absolute Gasteiger partial charge is 0.133 e. The fraction of sp³-hybridized carbons (Fsp3) is 0.143. The molecule has 0 heterocycles. The van der Waals surface area contributed by atoms with E-state index in [0.717, 1.165) is 6.16 Å². The number of hydrogen-bond acceptors (Lipinski definition) is 0. The molecule has 0 aliphatic heterocycles. The van der Waals surface area contributed by atoms with Crippen molar-refractivity contribution in [1.29, 1.82) is 0 Å². The molecular formula is C14H18P3Y4+. The molecule has 0 aliphatic carbocycles. The zero-order valence-corrected chi connectivity index (χ0v) is 26.9. The van der Waals surface area contributed by atoms with Crippen LogP contribution in [-0.2, 0) is 143 Å². The fourth-order valence-corrected chi connectivity index (χ4v) is 3.78. The molecule has 3 unspecified atom stereocenters. The average molecular weight is 635 g/mol. The molecule has 0 amide bonds. The zero-order valence-electron chi connectivity index (χ0n) is 12.1. The first-order valence-corrected chi connectivity index (χ1v) is 10.1. The first-order valence-electron chi connectivity index (χ1n) is 5.76. The fourth-order valence-electron chi connectivity index (χ4n) is 2.05. The second-order valence-corrected chi connectivity index (χ2v) is 6.66. The van der Waals surface area contributed by atoms with E-state index in [1.54, 1.807) is 0 Å². The first-order chi connectivity index (χ1) is 8.36. The Kier molecular flexibility index (Phi) is 25.0. The summed E-state index contributed by atoms with van der Waals surface area (Å²) in [5.74, 6) is 0. The Morgan fingerprint density at radius 3 is 1.62 bits per heavy atom. The van der Waals surface area contributed by atoms with E-state index in [2.05, 4.69) is 66.7 Å². The maximum absolute atomic E-state index is 2.89. The van der Waals surface area contributed by atoms with Crippen LogP contribution in [0.15, 0.2) is 48.5 Å². The smallest absolute Gasteiger partial charge is 0.0820 e. The molecule has 4 radical (unpaired) electrons. The molecule has 7 heteroatoms. The van der Waals surface area contributed by atoms with E-state index >= 15 is 0 Å². The normalized spacial score (nSPS) is 9.05. The van der Waals surface area contributed by atoms with Gasteiger partial charge in [-0.05, 0) is 28.4 Å². The van der Waals surface area contributed by atoms with Crippen LogP contribution in [0.2, 0.25) is 0 Å². The van der Waals surface area contributed by atoms with Gasteiger partial charge in [0.05, 0.1) is 6.16 Å². The van der Waals surface area contributed by atoms with Gasteiger partial charge in [-0.15, -0.1) is 9.24 Å². The van der Waals surface area contributed by atoms with Crippen LogP contribution in [0.4, 0.5) is 0 Å². The third-order valence-electron chi connectivity index (χ3n) is 2.88. The summed E-state index contributed by atoms with van der Waals surface area (Å²) >= 11 is 0. The molecule has 0 aliphatic rings. The van der Waals surface area contributed by atoms with Crippen molar-refractivity contribution < 1.29 is 131 Å². The van der Waals surface area contributed by atoms with Crippen molar-refractivity contribution in [3.63, 3.8) is 0 Å². The topological polar surface area (TPSA) is 0 Å². The quantitative estimate of drug-likeness (QED) is 0.438. The monoisotopic (exact) mass is 635 g/mol. The Balaban J connectivity index is -0.000000810. The Morgan fingerprint density at radius 2 is 1.14 bits per heavy atom. The van der Waals surface area contributed by atoms with Gasteiger partial charge in [0.15, 0.2) is 0 Å². The summed E-state index contributed by atoms with van der Waals surface area (Å²) in [7, 11) is 6.15. The number of benzene rings is 2. The van der Waals surface area contributed by atoms with E-state index < -0.39 is 0 Å². The van der Waals surface area contributed by atoms with Gasteiger partial charge in [0.2, 0.25) is 0 Å². The second kappa shape index (κ2) is 17.6. The molecule has 0 N–H and O–H groups in total. The van der Waals surface area contributed by atoms with Gasteiger partial charge < -0.3 is 0 Å². The van der Waals surface area contributed by atoms with E-state index in [-0.39, 0.29) is 131 Å². The van der Waals surface area contributed by atoms with Crippen molar-refractivity contribution in [3.05, 3.63) is 59.7 Å².